The molecule has 0 atom stereocenters. The number of rotatable bonds is 5. The average molecular weight is 333 g/mol. The molecule has 1 heterocycles. The molecule has 1 fully saturated rings. The van der Waals surface area contributed by atoms with Crippen molar-refractivity contribution < 1.29 is 30.6 Å². The summed E-state index contributed by atoms with van der Waals surface area (Å²) in [4.78, 5) is 0. The highest BCUT2D eigenvalue weighted by Crippen LogP contribution is 2.21. The van der Waals surface area contributed by atoms with Gasteiger partial charge in [0.05, 0.1) is 26.2 Å². The summed E-state index contributed by atoms with van der Waals surface area (Å²) in [6, 6.07) is 0. The molecule has 0 unspecified atom stereocenters. The van der Waals surface area contributed by atoms with Crippen molar-refractivity contribution in [2.75, 3.05) is 26.2 Å². The maximum Gasteiger partial charge on any atom is 0.485 e. The van der Waals surface area contributed by atoms with Crippen molar-refractivity contribution in [2.45, 2.75) is 57.9 Å². The second-order valence-corrected chi connectivity index (χ2v) is 6.92. The topological polar surface area (TPSA) is 57.2 Å². The third kappa shape index (κ3) is 8.01. The van der Waals surface area contributed by atoms with Gasteiger partial charge in [0.2, 0.25) is 0 Å². The maximum atomic E-state index is 10.7. The van der Waals surface area contributed by atoms with E-state index in [-0.39, 0.29) is 0 Å². The Balaban J connectivity index is 0.000000433. The van der Waals surface area contributed by atoms with Crippen LogP contribution in [0.4, 0.5) is 13.2 Å². The lowest BCUT2D eigenvalue weighted by Gasteiger charge is -2.41. The zero-order valence-corrected chi connectivity index (χ0v) is 13.6. The van der Waals surface area contributed by atoms with E-state index < -0.39 is 15.6 Å². The molecule has 0 aromatic carbocycles. The van der Waals surface area contributed by atoms with E-state index >= 15 is 0 Å². The predicted octanol–water partition coefficient (Wildman–Crippen LogP) is 3.25. The Morgan fingerprint density at radius 3 is 1.81 bits per heavy atom. The second-order valence-electron chi connectivity index (χ2n) is 5.55. The van der Waals surface area contributed by atoms with Crippen LogP contribution in [0.2, 0.25) is 0 Å². The molecule has 4 nitrogen and oxygen atoms in total. The molecule has 0 aromatic heterocycles. The third-order valence-corrected chi connectivity index (χ3v) is 4.30. The van der Waals surface area contributed by atoms with E-state index in [9.17, 15) is 13.2 Å². The van der Waals surface area contributed by atoms with E-state index in [2.05, 4.69) is 13.8 Å². The summed E-state index contributed by atoms with van der Waals surface area (Å²) >= 11 is 0. The van der Waals surface area contributed by atoms with Gasteiger partial charge in [-0.15, -0.1) is 0 Å². The largest absolute Gasteiger partial charge is 0.741 e. The lowest BCUT2D eigenvalue weighted by Crippen LogP contribution is -2.52. The van der Waals surface area contributed by atoms with E-state index in [1.54, 1.807) is 0 Å². The smallest absolute Gasteiger partial charge is 0.485 e. The number of piperidine rings is 1. The van der Waals surface area contributed by atoms with Gasteiger partial charge in [0.15, 0.2) is 10.1 Å². The minimum atomic E-state index is -6.09. The molecule has 128 valence electrons. The molecule has 0 N–H and O–H groups in total. The van der Waals surface area contributed by atoms with Crippen LogP contribution >= 0.6 is 0 Å². The number of quaternary nitrogens is 1. The van der Waals surface area contributed by atoms with Gasteiger partial charge in [0.25, 0.3) is 0 Å². The van der Waals surface area contributed by atoms with Gasteiger partial charge in [-0.2, -0.15) is 13.2 Å². The first-order chi connectivity index (χ1) is 9.58. The van der Waals surface area contributed by atoms with E-state index in [0.717, 1.165) is 0 Å². The van der Waals surface area contributed by atoms with Crippen molar-refractivity contribution in [3.63, 3.8) is 0 Å². The Bertz CT molecular complexity index is 371. The zero-order chi connectivity index (χ0) is 16.6. The van der Waals surface area contributed by atoms with Crippen molar-refractivity contribution in [1.82, 2.24) is 0 Å². The number of hydrogen-bond donors (Lipinski definition) is 0. The van der Waals surface area contributed by atoms with E-state index in [4.69, 9.17) is 13.0 Å². The molecule has 1 rings (SSSR count). The Labute approximate surface area is 125 Å². The number of unbranched alkanes of at least 4 members (excludes halogenated alkanes) is 1. The van der Waals surface area contributed by atoms with E-state index in [0.29, 0.717) is 0 Å². The van der Waals surface area contributed by atoms with Crippen LogP contribution in [0.1, 0.15) is 52.4 Å². The monoisotopic (exact) mass is 333 g/mol. The lowest BCUT2D eigenvalue weighted by molar-refractivity contribution is -0.932. The van der Waals surface area contributed by atoms with Crippen molar-refractivity contribution in [2.24, 2.45) is 0 Å². The molecule has 1 aliphatic heterocycles. The van der Waals surface area contributed by atoms with Crippen LogP contribution in [0.15, 0.2) is 0 Å². The molecular formula is C13H26F3NO3S. The minimum absolute atomic E-state index is 1.36. The van der Waals surface area contributed by atoms with Gasteiger partial charge in [-0.3, -0.25) is 0 Å². The highest BCUT2D eigenvalue weighted by Gasteiger charge is 2.36. The number of halogens is 3. The Hall–Kier alpha value is -0.340. The number of likely N-dealkylation sites (tertiary alicyclic amines) is 1. The molecule has 0 saturated carbocycles. The third-order valence-electron chi connectivity index (χ3n) is 3.73. The normalized spacial score (nSPS) is 18.8. The predicted molar refractivity (Wildman–Crippen MR) is 74.5 cm³/mol. The summed E-state index contributed by atoms with van der Waals surface area (Å²) in [5.74, 6) is 0. The second kappa shape index (κ2) is 8.95. The zero-order valence-electron chi connectivity index (χ0n) is 12.8. The summed E-state index contributed by atoms with van der Waals surface area (Å²) < 4.78 is 60.4. The van der Waals surface area contributed by atoms with Gasteiger partial charge >= 0.3 is 5.51 Å². The van der Waals surface area contributed by atoms with Gasteiger partial charge in [0, 0.05) is 0 Å². The molecule has 0 bridgehead atoms. The first-order valence-electron chi connectivity index (χ1n) is 7.45. The number of alkyl halides is 3. The van der Waals surface area contributed by atoms with Gasteiger partial charge in [-0.05, 0) is 32.1 Å². The Morgan fingerprint density at radius 1 is 1.00 bits per heavy atom. The Kier molecular flexibility index (Phi) is 8.80. The fraction of sp³-hybridized carbons (Fsp3) is 1.00. The molecule has 8 heteroatoms. The first-order valence-corrected chi connectivity index (χ1v) is 8.86. The van der Waals surface area contributed by atoms with Gasteiger partial charge < -0.3 is 9.04 Å². The first kappa shape index (κ1) is 20.7. The summed E-state index contributed by atoms with van der Waals surface area (Å²) in [5.41, 5.74) is -5.65. The van der Waals surface area contributed by atoms with Crippen molar-refractivity contribution >= 4 is 10.1 Å². The lowest BCUT2D eigenvalue weighted by atomic mass is 10.1. The van der Waals surface area contributed by atoms with Crippen LogP contribution in [-0.4, -0.2) is 49.1 Å². The fourth-order valence-electron chi connectivity index (χ4n) is 2.71. The summed E-state index contributed by atoms with van der Waals surface area (Å²) in [7, 11) is -6.09. The quantitative estimate of drug-likeness (QED) is 0.441. The summed E-state index contributed by atoms with van der Waals surface area (Å²) in [5, 5.41) is 0. The molecule has 0 aromatic rings. The molecule has 0 amide bonds. The maximum absolute atomic E-state index is 10.7. The molecular weight excluding hydrogens is 307 g/mol. The summed E-state index contributed by atoms with van der Waals surface area (Å²) in [6.45, 7) is 10.5. The van der Waals surface area contributed by atoms with Crippen molar-refractivity contribution in [3.05, 3.63) is 0 Å². The number of nitrogens with zero attached hydrogens (tertiary/aromatic N) is 1. The van der Waals surface area contributed by atoms with E-state index in [1.165, 1.54) is 69.2 Å². The standard InChI is InChI=1S/C12H26N.CHF3O3S/c1-3-5-10-13(9-4-2)11-7-6-8-12-13;2-1(3,4)8(5,6)7/h3-12H2,1-2H3;(H,5,6,7)/q+1;/p-1. The van der Waals surface area contributed by atoms with Gasteiger partial charge in [-0.1, -0.05) is 20.3 Å². The molecule has 1 saturated heterocycles. The minimum Gasteiger partial charge on any atom is -0.741 e. The summed E-state index contributed by atoms with van der Waals surface area (Å²) in [6.07, 6.45) is 8.59. The van der Waals surface area contributed by atoms with Crippen LogP contribution < -0.4 is 0 Å². The van der Waals surface area contributed by atoms with Crippen LogP contribution in [0.5, 0.6) is 0 Å². The van der Waals surface area contributed by atoms with E-state index in [1.807, 2.05) is 0 Å². The van der Waals surface area contributed by atoms with Crippen LogP contribution in [0, 0.1) is 0 Å². The molecule has 0 radical (unpaired) electrons. The molecule has 0 spiro atoms. The van der Waals surface area contributed by atoms with Crippen molar-refractivity contribution in [1.29, 1.82) is 0 Å². The fourth-order valence-corrected chi connectivity index (χ4v) is 2.71. The van der Waals surface area contributed by atoms with Gasteiger partial charge in [-0.25, -0.2) is 8.42 Å². The van der Waals surface area contributed by atoms with Crippen LogP contribution in [0.25, 0.3) is 0 Å². The number of hydrogen-bond acceptors (Lipinski definition) is 3. The Morgan fingerprint density at radius 2 is 1.48 bits per heavy atom. The van der Waals surface area contributed by atoms with Crippen molar-refractivity contribution in [3.8, 4) is 0 Å². The molecule has 21 heavy (non-hydrogen) atoms. The van der Waals surface area contributed by atoms with Crippen LogP contribution in [0.3, 0.4) is 0 Å². The van der Waals surface area contributed by atoms with Gasteiger partial charge in [0.1, 0.15) is 0 Å². The highest BCUT2D eigenvalue weighted by molar-refractivity contribution is 7.86. The van der Waals surface area contributed by atoms with Crippen LogP contribution in [-0.2, 0) is 10.1 Å². The highest BCUT2D eigenvalue weighted by atomic mass is 32.2. The SMILES string of the molecule is CCCC[N+]1(CCC)CCCCC1.O=S(=O)([O-])C(F)(F)F. The molecule has 1 aliphatic rings. The molecule has 0 aliphatic carbocycles. The average Bonchev–Trinajstić information content (AvgIpc) is 2.36.